The third-order valence-corrected chi connectivity index (χ3v) is 4.53. The summed E-state index contributed by atoms with van der Waals surface area (Å²) in [7, 11) is 1.33. The first kappa shape index (κ1) is 20.0. The SMILES string of the molecule is COc1ccc(/C=C2\C(=O)N(c3ccc(Cl)c(C(=O)O)c3)N=C2C)cc1[N+](=O)[O-]. The fraction of sp³-hybridized carbons (Fsp3) is 0.105. The molecular formula is C19H14ClN3O6. The molecule has 3 rings (SSSR count). The van der Waals surface area contributed by atoms with E-state index < -0.39 is 16.8 Å². The molecule has 0 saturated carbocycles. The number of ether oxygens (including phenoxy) is 1. The Morgan fingerprint density at radius 2 is 2.03 bits per heavy atom. The van der Waals surface area contributed by atoms with E-state index in [2.05, 4.69) is 5.10 Å². The second-order valence-corrected chi connectivity index (χ2v) is 6.43. The molecule has 0 atom stereocenters. The molecule has 0 aromatic heterocycles. The van der Waals surface area contributed by atoms with Gasteiger partial charge >= 0.3 is 11.7 Å². The molecule has 2 aromatic rings. The van der Waals surface area contributed by atoms with E-state index in [1.54, 1.807) is 13.0 Å². The molecule has 1 heterocycles. The van der Waals surface area contributed by atoms with Crippen molar-refractivity contribution >= 4 is 46.6 Å². The molecule has 2 aromatic carbocycles. The Labute approximate surface area is 169 Å². The van der Waals surface area contributed by atoms with E-state index in [0.717, 1.165) is 5.01 Å². The Kier molecular flexibility index (Phi) is 5.33. The minimum Gasteiger partial charge on any atom is -0.490 e. The third kappa shape index (κ3) is 3.81. The van der Waals surface area contributed by atoms with Crippen LogP contribution >= 0.6 is 11.6 Å². The van der Waals surface area contributed by atoms with E-state index in [4.69, 9.17) is 16.3 Å². The van der Waals surface area contributed by atoms with Crippen LogP contribution in [0.5, 0.6) is 5.75 Å². The fourth-order valence-corrected chi connectivity index (χ4v) is 2.97. The Morgan fingerprint density at radius 1 is 1.31 bits per heavy atom. The molecule has 0 spiro atoms. The summed E-state index contributed by atoms with van der Waals surface area (Å²) in [6.45, 7) is 1.61. The van der Waals surface area contributed by atoms with E-state index >= 15 is 0 Å². The Hall–Kier alpha value is -3.72. The molecule has 1 aliphatic rings. The first-order valence-electron chi connectivity index (χ1n) is 8.20. The number of carbonyl (C=O) groups excluding carboxylic acids is 1. The second kappa shape index (κ2) is 7.72. The number of carbonyl (C=O) groups is 2. The van der Waals surface area contributed by atoms with Gasteiger partial charge in [0.2, 0.25) is 0 Å². The van der Waals surface area contributed by atoms with E-state index in [1.165, 1.54) is 43.5 Å². The van der Waals surface area contributed by atoms with Crippen LogP contribution in [0, 0.1) is 10.1 Å². The van der Waals surface area contributed by atoms with Crippen molar-refractivity contribution in [2.24, 2.45) is 5.10 Å². The summed E-state index contributed by atoms with van der Waals surface area (Å²) in [6.07, 6.45) is 1.47. The average molecular weight is 416 g/mol. The predicted octanol–water partition coefficient (Wildman–Crippen LogP) is 3.76. The zero-order chi connectivity index (χ0) is 21.3. The molecular weight excluding hydrogens is 402 g/mol. The maximum Gasteiger partial charge on any atom is 0.337 e. The molecule has 1 amide bonds. The number of benzene rings is 2. The highest BCUT2D eigenvalue weighted by atomic mass is 35.5. The molecule has 0 saturated heterocycles. The van der Waals surface area contributed by atoms with Crippen molar-refractivity contribution in [2.45, 2.75) is 6.92 Å². The molecule has 0 bridgehead atoms. The molecule has 1 aliphatic heterocycles. The highest BCUT2D eigenvalue weighted by molar-refractivity contribution is 6.34. The topological polar surface area (TPSA) is 122 Å². The first-order chi connectivity index (χ1) is 13.7. The van der Waals surface area contributed by atoms with Crippen LogP contribution in [-0.2, 0) is 4.79 Å². The van der Waals surface area contributed by atoms with Gasteiger partial charge in [-0.3, -0.25) is 14.9 Å². The summed E-state index contributed by atoms with van der Waals surface area (Å²) in [4.78, 5) is 34.7. The van der Waals surface area contributed by atoms with Gasteiger partial charge in [0.05, 0.1) is 39.6 Å². The number of hydrogen-bond donors (Lipinski definition) is 1. The monoisotopic (exact) mass is 415 g/mol. The largest absolute Gasteiger partial charge is 0.490 e. The summed E-state index contributed by atoms with van der Waals surface area (Å²) in [5.74, 6) is -1.63. The molecule has 0 fully saturated rings. The lowest BCUT2D eigenvalue weighted by Crippen LogP contribution is -2.21. The molecule has 9 nitrogen and oxygen atoms in total. The smallest absolute Gasteiger partial charge is 0.337 e. The zero-order valence-electron chi connectivity index (χ0n) is 15.2. The Morgan fingerprint density at radius 3 is 2.66 bits per heavy atom. The number of carboxylic acid groups (broad SMARTS) is 1. The lowest BCUT2D eigenvalue weighted by atomic mass is 10.1. The molecule has 1 N–H and O–H groups in total. The molecule has 29 heavy (non-hydrogen) atoms. The predicted molar refractivity (Wildman–Crippen MR) is 107 cm³/mol. The van der Waals surface area contributed by atoms with E-state index in [1.807, 2.05) is 0 Å². The van der Waals surface area contributed by atoms with Gasteiger partial charge in [0.25, 0.3) is 5.91 Å². The van der Waals surface area contributed by atoms with Gasteiger partial charge in [0.15, 0.2) is 5.75 Å². The van der Waals surface area contributed by atoms with Crippen LogP contribution in [0.4, 0.5) is 11.4 Å². The van der Waals surface area contributed by atoms with Crippen LogP contribution < -0.4 is 9.75 Å². The standard InChI is InChI=1S/C19H14ClN3O6/c1-10-13(7-11-3-6-17(29-2)16(8-11)23(27)28)18(24)22(21-10)12-4-5-15(20)14(9-12)19(25)26/h3-9H,1-2H3,(H,25,26)/b13-7-. The summed E-state index contributed by atoms with van der Waals surface area (Å²) >= 11 is 5.87. The number of amides is 1. The second-order valence-electron chi connectivity index (χ2n) is 6.02. The summed E-state index contributed by atoms with van der Waals surface area (Å²) in [5, 5.41) is 25.7. The van der Waals surface area contributed by atoms with Crippen LogP contribution in [-0.4, -0.2) is 34.7 Å². The maximum atomic E-state index is 12.8. The summed E-state index contributed by atoms with van der Waals surface area (Å²) in [6, 6.07) is 8.40. The quantitative estimate of drug-likeness (QED) is 0.450. The van der Waals surface area contributed by atoms with Gasteiger partial charge in [-0.2, -0.15) is 10.1 Å². The highest BCUT2D eigenvalue weighted by Gasteiger charge is 2.29. The van der Waals surface area contributed by atoms with Crippen LogP contribution in [0.2, 0.25) is 5.02 Å². The third-order valence-electron chi connectivity index (χ3n) is 4.20. The van der Waals surface area contributed by atoms with Gasteiger partial charge in [-0.15, -0.1) is 0 Å². The van der Waals surface area contributed by atoms with Crippen molar-refractivity contribution in [3.8, 4) is 5.75 Å². The number of hydrogen-bond acceptors (Lipinski definition) is 6. The molecule has 0 aliphatic carbocycles. The van der Waals surface area contributed by atoms with Crippen molar-refractivity contribution in [1.29, 1.82) is 0 Å². The van der Waals surface area contributed by atoms with Gasteiger partial charge in [-0.25, -0.2) is 4.79 Å². The van der Waals surface area contributed by atoms with Gasteiger partial charge in [-0.05, 0) is 42.8 Å². The number of nitro benzene ring substituents is 1. The number of carboxylic acids is 1. The van der Waals surface area contributed by atoms with E-state index in [9.17, 15) is 24.8 Å². The lowest BCUT2D eigenvalue weighted by molar-refractivity contribution is -0.385. The molecule has 0 radical (unpaired) electrons. The van der Waals surface area contributed by atoms with Crippen molar-refractivity contribution in [1.82, 2.24) is 0 Å². The number of methoxy groups -OCH3 is 1. The minimum absolute atomic E-state index is 0.0369. The number of nitro groups is 1. The number of hydrazone groups is 1. The Bertz CT molecular complexity index is 1110. The first-order valence-corrected chi connectivity index (χ1v) is 8.57. The van der Waals surface area contributed by atoms with Gasteiger partial charge < -0.3 is 9.84 Å². The fourth-order valence-electron chi connectivity index (χ4n) is 2.77. The molecule has 148 valence electrons. The van der Waals surface area contributed by atoms with Crippen molar-refractivity contribution in [3.05, 3.63) is 68.2 Å². The van der Waals surface area contributed by atoms with Crippen molar-refractivity contribution < 1.29 is 24.4 Å². The summed E-state index contributed by atoms with van der Waals surface area (Å²) < 4.78 is 4.97. The average Bonchev–Trinajstić information content (AvgIpc) is 2.96. The normalized spacial score (nSPS) is 14.9. The van der Waals surface area contributed by atoms with Gasteiger partial charge in [0, 0.05) is 6.07 Å². The van der Waals surface area contributed by atoms with E-state index in [0.29, 0.717) is 11.3 Å². The van der Waals surface area contributed by atoms with Crippen LogP contribution in [0.1, 0.15) is 22.8 Å². The number of anilines is 1. The Balaban J connectivity index is 1.99. The van der Waals surface area contributed by atoms with Crippen molar-refractivity contribution in [2.75, 3.05) is 12.1 Å². The number of nitrogens with zero attached hydrogens (tertiary/aromatic N) is 3. The summed E-state index contributed by atoms with van der Waals surface area (Å²) in [5.41, 5.74) is 0.854. The van der Waals surface area contributed by atoms with Gasteiger partial charge in [0.1, 0.15) is 0 Å². The molecule has 10 heteroatoms. The zero-order valence-corrected chi connectivity index (χ0v) is 16.0. The number of halogens is 1. The maximum absolute atomic E-state index is 12.8. The molecule has 0 unspecified atom stereocenters. The lowest BCUT2D eigenvalue weighted by Gasteiger charge is -2.13. The van der Waals surface area contributed by atoms with Crippen LogP contribution in [0.15, 0.2) is 47.1 Å². The number of rotatable bonds is 5. The highest BCUT2D eigenvalue weighted by Crippen LogP contribution is 2.31. The number of aromatic carboxylic acids is 1. The van der Waals surface area contributed by atoms with Crippen LogP contribution in [0.25, 0.3) is 6.08 Å². The van der Waals surface area contributed by atoms with Crippen molar-refractivity contribution in [3.63, 3.8) is 0 Å². The van der Waals surface area contributed by atoms with Crippen LogP contribution in [0.3, 0.4) is 0 Å². The van der Waals surface area contributed by atoms with Gasteiger partial charge in [-0.1, -0.05) is 17.7 Å². The minimum atomic E-state index is -1.23. The van der Waals surface area contributed by atoms with E-state index in [-0.39, 0.29) is 33.3 Å².